The number of aromatic nitrogens is 2. The topological polar surface area (TPSA) is 29.9 Å². The Hall–Kier alpha value is -1.09. The lowest BCUT2D eigenvalue weighted by molar-refractivity contribution is 0.651. The molecule has 13 heavy (non-hydrogen) atoms. The molecule has 0 radical (unpaired) electrons. The van der Waals surface area contributed by atoms with Gasteiger partial charge in [0.2, 0.25) is 0 Å². The summed E-state index contributed by atoms with van der Waals surface area (Å²) in [6.07, 6.45) is 3.76. The molecule has 0 bridgehead atoms. The molecule has 1 aromatic heterocycles. The van der Waals surface area contributed by atoms with E-state index < -0.39 is 0 Å². The van der Waals surface area contributed by atoms with Crippen LogP contribution in [0.1, 0.15) is 19.5 Å². The van der Waals surface area contributed by atoms with Crippen molar-refractivity contribution in [2.75, 3.05) is 6.54 Å². The zero-order valence-electron chi connectivity index (χ0n) is 8.38. The molecule has 0 saturated carbocycles. The summed E-state index contributed by atoms with van der Waals surface area (Å²) in [5.74, 6) is 0. The van der Waals surface area contributed by atoms with Crippen LogP contribution in [-0.4, -0.2) is 16.1 Å². The van der Waals surface area contributed by atoms with Crippen LogP contribution in [-0.2, 0) is 13.1 Å². The van der Waals surface area contributed by atoms with Crippen molar-refractivity contribution in [3.63, 3.8) is 0 Å². The maximum absolute atomic E-state index is 4.09. The van der Waals surface area contributed by atoms with Crippen molar-refractivity contribution in [1.29, 1.82) is 0 Å². The second-order valence-electron chi connectivity index (χ2n) is 3.23. The van der Waals surface area contributed by atoms with E-state index in [1.807, 2.05) is 19.4 Å². The Morgan fingerprint density at radius 3 is 3.08 bits per heavy atom. The largest absolute Gasteiger partial charge is 0.334 e. The van der Waals surface area contributed by atoms with Gasteiger partial charge in [0.25, 0.3) is 0 Å². The summed E-state index contributed by atoms with van der Waals surface area (Å²) in [5, 5.41) is 3.30. The molecule has 0 aromatic carbocycles. The first kappa shape index (κ1) is 9.99. The van der Waals surface area contributed by atoms with E-state index in [9.17, 15) is 0 Å². The number of nitrogens with one attached hydrogen (secondary N) is 1. The number of nitrogens with zero attached hydrogens (tertiary/aromatic N) is 2. The molecule has 0 atom stereocenters. The molecule has 0 aliphatic heterocycles. The molecule has 1 N–H and O–H groups in total. The van der Waals surface area contributed by atoms with Gasteiger partial charge in [-0.15, -0.1) is 0 Å². The first-order valence-electron chi connectivity index (χ1n) is 4.58. The molecule has 1 rings (SSSR count). The van der Waals surface area contributed by atoms with Crippen LogP contribution in [0.5, 0.6) is 0 Å². The van der Waals surface area contributed by atoms with Gasteiger partial charge in [-0.1, -0.05) is 12.2 Å². The SMILES string of the molecule is C=C(C)CNCc1cncn1CC. The third kappa shape index (κ3) is 3.03. The molecule has 3 heteroatoms. The van der Waals surface area contributed by atoms with Gasteiger partial charge >= 0.3 is 0 Å². The van der Waals surface area contributed by atoms with Gasteiger partial charge < -0.3 is 9.88 Å². The summed E-state index contributed by atoms with van der Waals surface area (Å²) in [4.78, 5) is 4.09. The Morgan fingerprint density at radius 2 is 2.46 bits per heavy atom. The smallest absolute Gasteiger partial charge is 0.0948 e. The Kier molecular flexibility index (Phi) is 3.71. The van der Waals surface area contributed by atoms with E-state index in [0.717, 1.165) is 25.2 Å². The molecule has 72 valence electrons. The van der Waals surface area contributed by atoms with E-state index in [1.54, 1.807) is 0 Å². The highest BCUT2D eigenvalue weighted by Gasteiger charge is 1.98. The lowest BCUT2D eigenvalue weighted by atomic mass is 10.3. The van der Waals surface area contributed by atoms with Gasteiger partial charge in [0.05, 0.1) is 12.0 Å². The lowest BCUT2D eigenvalue weighted by Crippen LogP contribution is -2.17. The highest BCUT2D eigenvalue weighted by atomic mass is 15.1. The van der Waals surface area contributed by atoms with Gasteiger partial charge in [-0.2, -0.15) is 0 Å². The van der Waals surface area contributed by atoms with E-state index in [0.29, 0.717) is 0 Å². The molecule has 0 unspecified atom stereocenters. The number of hydrogen-bond acceptors (Lipinski definition) is 2. The molecule has 1 aromatic rings. The molecule has 0 aliphatic carbocycles. The minimum Gasteiger partial charge on any atom is -0.334 e. The Balaban J connectivity index is 2.40. The third-order valence-electron chi connectivity index (χ3n) is 1.87. The molecule has 1 heterocycles. The minimum absolute atomic E-state index is 0.862. The van der Waals surface area contributed by atoms with Crippen molar-refractivity contribution in [2.45, 2.75) is 26.9 Å². The summed E-state index contributed by atoms with van der Waals surface area (Å²) in [6, 6.07) is 0. The van der Waals surface area contributed by atoms with Crippen LogP contribution in [0.3, 0.4) is 0 Å². The fraction of sp³-hybridized carbons (Fsp3) is 0.500. The van der Waals surface area contributed by atoms with E-state index in [2.05, 4.69) is 28.4 Å². The fourth-order valence-electron chi connectivity index (χ4n) is 1.18. The Labute approximate surface area is 79.5 Å². The number of hydrogen-bond donors (Lipinski definition) is 1. The molecule has 0 fully saturated rings. The van der Waals surface area contributed by atoms with E-state index in [4.69, 9.17) is 0 Å². The van der Waals surface area contributed by atoms with E-state index >= 15 is 0 Å². The zero-order chi connectivity index (χ0) is 9.68. The highest BCUT2D eigenvalue weighted by Crippen LogP contribution is 1.98. The van der Waals surface area contributed by atoms with Crippen molar-refractivity contribution in [1.82, 2.24) is 14.9 Å². The monoisotopic (exact) mass is 179 g/mol. The Morgan fingerprint density at radius 1 is 1.69 bits per heavy atom. The van der Waals surface area contributed by atoms with Crippen molar-refractivity contribution < 1.29 is 0 Å². The summed E-state index contributed by atoms with van der Waals surface area (Å²) in [7, 11) is 0. The number of rotatable bonds is 5. The molecular weight excluding hydrogens is 162 g/mol. The standard InChI is InChI=1S/C10H17N3/c1-4-13-8-12-7-10(13)6-11-5-9(2)3/h7-8,11H,2,4-6H2,1,3H3. The quantitative estimate of drug-likeness (QED) is 0.695. The maximum Gasteiger partial charge on any atom is 0.0948 e. The second kappa shape index (κ2) is 4.82. The third-order valence-corrected chi connectivity index (χ3v) is 1.87. The first-order chi connectivity index (χ1) is 6.24. The summed E-state index contributed by atoms with van der Waals surface area (Å²) in [6.45, 7) is 10.7. The van der Waals surface area contributed by atoms with Crippen LogP contribution < -0.4 is 5.32 Å². The van der Waals surface area contributed by atoms with Crippen LogP contribution in [0.4, 0.5) is 0 Å². The average Bonchev–Trinajstić information content (AvgIpc) is 2.51. The van der Waals surface area contributed by atoms with Gasteiger partial charge in [0.1, 0.15) is 0 Å². The van der Waals surface area contributed by atoms with Gasteiger partial charge in [-0.3, -0.25) is 0 Å². The van der Waals surface area contributed by atoms with E-state index in [1.165, 1.54) is 5.69 Å². The lowest BCUT2D eigenvalue weighted by Gasteiger charge is -2.06. The average molecular weight is 179 g/mol. The molecular formula is C10H17N3. The molecule has 3 nitrogen and oxygen atoms in total. The van der Waals surface area contributed by atoms with Crippen LogP contribution in [0, 0.1) is 0 Å². The zero-order valence-corrected chi connectivity index (χ0v) is 8.38. The number of imidazole rings is 1. The van der Waals surface area contributed by atoms with Crippen molar-refractivity contribution in [3.05, 3.63) is 30.4 Å². The van der Waals surface area contributed by atoms with Gasteiger partial charge in [-0.25, -0.2) is 4.98 Å². The number of aryl methyl sites for hydroxylation is 1. The first-order valence-corrected chi connectivity index (χ1v) is 4.58. The fourth-order valence-corrected chi connectivity index (χ4v) is 1.18. The van der Waals surface area contributed by atoms with Gasteiger partial charge in [0.15, 0.2) is 0 Å². The van der Waals surface area contributed by atoms with Crippen LogP contribution in [0.25, 0.3) is 0 Å². The summed E-state index contributed by atoms with van der Waals surface area (Å²) in [5.41, 5.74) is 2.38. The van der Waals surface area contributed by atoms with Crippen molar-refractivity contribution in [2.24, 2.45) is 0 Å². The summed E-state index contributed by atoms with van der Waals surface area (Å²) < 4.78 is 2.13. The highest BCUT2D eigenvalue weighted by molar-refractivity contribution is 4.99. The van der Waals surface area contributed by atoms with Crippen molar-refractivity contribution in [3.8, 4) is 0 Å². The maximum atomic E-state index is 4.09. The Bertz CT molecular complexity index is 275. The predicted octanol–water partition coefficient (Wildman–Crippen LogP) is 1.57. The second-order valence-corrected chi connectivity index (χ2v) is 3.23. The normalized spacial score (nSPS) is 10.3. The van der Waals surface area contributed by atoms with Gasteiger partial charge in [-0.05, 0) is 13.8 Å². The van der Waals surface area contributed by atoms with Gasteiger partial charge in [0, 0.05) is 25.8 Å². The summed E-state index contributed by atoms with van der Waals surface area (Å²) >= 11 is 0. The predicted molar refractivity (Wildman–Crippen MR) is 54.4 cm³/mol. The van der Waals surface area contributed by atoms with E-state index in [-0.39, 0.29) is 0 Å². The van der Waals surface area contributed by atoms with Crippen LogP contribution in [0.2, 0.25) is 0 Å². The van der Waals surface area contributed by atoms with Crippen molar-refractivity contribution >= 4 is 0 Å². The molecule has 0 saturated heterocycles. The molecule has 0 amide bonds. The van der Waals surface area contributed by atoms with Crippen LogP contribution in [0.15, 0.2) is 24.7 Å². The minimum atomic E-state index is 0.862. The van der Waals surface area contributed by atoms with Crippen LogP contribution >= 0.6 is 0 Å². The molecule has 0 spiro atoms. The molecule has 0 aliphatic rings.